The molecule has 0 heterocycles. The Kier molecular flexibility index (Phi) is 6.53. The molecule has 3 aromatic rings. The molecule has 5 nitrogen and oxygen atoms in total. The Bertz CT molecular complexity index is 994. The van der Waals surface area contributed by atoms with Gasteiger partial charge in [0.05, 0.1) is 10.6 Å². The molecule has 28 heavy (non-hydrogen) atoms. The molecule has 0 aromatic heterocycles. The molecule has 0 bridgehead atoms. The Morgan fingerprint density at radius 3 is 2.36 bits per heavy atom. The van der Waals surface area contributed by atoms with Crippen LogP contribution >= 0.6 is 23.2 Å². The number of hydrazine groups is 1. The molecular formula is C21H16Cl2N2O3. The smallest absolute Gasteiger partial charge is 0.276 e. The number of halogens is 2. The molecule has 0 aliphatic heterocycles. The van der Waals surface area contributed by atoms with Gasteiger partial charge in [-0.1, -0.05) is 71.7 Å². The fraction of sp³-hybridized carbons (Fsp3) is 0.0476. The van der Waals surface area contributed by atoms with Gasteiger partial charge in [-0.3, -0.25) is 20.4 Å². The fourth-order valence-corrected chi connectivity index (χ4v) is 2.87. The Morgan fingerprint density at radius 1 is 0.857 bits per heavy atom. The van der Waals surface area contributed by atoms with Crippen LogP contribution in [0.1, 0.15) is 10.4 Å². The van der Waals surface area contributed by atoms with Gasteiger partial charge >= 0.3 is 0 Å². The number of ether oxygens (including phenoxy) is 1. The minimum atomic E-state index is -0.578. The van der Waals surface area contributed by atoms with Crippen LogP contribution in [0.25, 0.3) is 11.1 Å². The summed E-state index contributed by atoms with van der Waals surface area (Å²) in [4.78, 5) is 24.2. The number of amides is 2. The highest BCUT2D eigenvalue weighted by Gasteiger charge is 2.13. The van der Waals surface area contributed by atoms with Crippen LogP contribution in [-0.2, 0) is 4.79 Å². The van der Waals surface area contributed by atoms with Crippen molar-refractivity contribution >= 4 is 35.0 Å². The van der Waals surface area contributed by atoms with Crippen molar-refractivity contribution in [3.05, 3.63) is 88.4 Å². The third-order valence-electron chi connectivity index (χ3n) is 3.82. The molecule has 3 aromatic carbocycles. The fourth-order valence-electron chi connectivity index (χ4n) is 2.49. The minimum Gasteiger partial charge on any atom is -0.483 e. The maximum atomic E-state index is 12.1. The number of rotatable bonds is 5. The molecule has 0 unspecified atom stereocenters. The molecule has 3 rings (SSSR count). The SMILES string of the molecule is O=C(COc1ccccc1-c1ccccc1)NNC(=O)c1cc(Cl)ccc1Cl. The molecule has 0 saturated heterocycles. The topological polar surface area (TPSA) is 67.4 Å². The lowest BCUT2D eigenvalue weighted by atomic mass is 10.1. The summed E-state index contributed by atoms with van der Waals surface area (Å²) in [6, 6.07) is 21.6. The number of hydrogen-bond acceptors (Lipinski definition) is 3. The lowest BCUT2D eigenvalue weighted by Gasteiger charge is -2.12. The maximum absolute atomic E-state index is 12.1. The van der Waals surface area contributed by atoms with Crippen LogP contribution in [-0.4, -0.2) is 18.4 Å². The summed E-state index contributed by atoms with van der Waals surface area (Å²) < 4.78 is 5.62. The second-order valence-electron chi connectivity index (χ2n) is 5.78. The first-order chi connectivity index (χ1) is 13.5. The summed E-state index contributed by atoms with van der Waals surface area (Å²) in [5, 5.41) is 0.589. The van der Waals surface area contributed by atoms with E-state index in [1.807, 2.05) is 48.5 Å². The van der Waals surface area contributed by atoms with Gasteiger partial charge in [0.1, 0.15) is 5.75 Å². The predicted molar refractivity (Wildman–Crippen MR) is 109 cm³/mol. The van der Waals surface area contributed by atoms with Gasteiger partial charge in [0.25, 0.3) is 11.8 Å². The largest absolute Gasteiger partial charge is 0.483 e. The van der Waals surface area contributed by atoms with E-state index in [2.05, 4.69) is 10.9 Å². The van der Waals surface area contributed by atoms with Gasteiger partial charge in [-0.2, -0.15) is 0 Å². The van der Waals surface area contributed by atoms with Gasteiger partial charge in [-0.15, -0.1) is 0 Å². The zero-order chi connectivity index (χ0) is 19.9. The van der Waals surface area contributed by atoms with E-state index in [1.165, 1.54) is 12.1 Å². The van der Waals surface area contributed by atoms with Crippen LogP contribution in [0.4, 0.5) is 0 Å². The number of para-hydroxylation sites is 1. The van der Waals surface area contributed by atoms with E-state index < -0.39 is 11.8 Å². The van der Waals surface area contributed by atoms with E-state index in [0.29, 0.717) is 10.8 Å². The van der Waals surface area contributed by atoms with Gasteiger partial charge < -0.3 is 4.74 Å². The number of nitrogens with one attached hydrogen (secondary N) is 2. The van der Waals surface area contributed by atoms with Gasteiger partial charge in [-0.25, -0.2) is 0 Å². The number of carbonyl (C=O) groups excluding carboxylic acids is 2. The second kappa shape index (κ2) is 9.26. The summed E-state index contributed by atoms with van der Waals surface area (Å²) in [7, 11) is 0. The van der Waals surface area contributed by atoms with Crippen molar-refractivity contribution in [1.29, 1.82) is 0 Å². The molecule has 0 aliphatic carbocycles. The first kappa shape index (κ1) is 19.7. The van der Waals surface area contributed by atoms with Gasteiger partial charge in [0.2, 0.25) is 0 Å². The molecule has 0 spiro atoms. The van der Waals surface area contributed by atoms with Crippen LogP contribution in [0.15, 0.2) is 72.8 Å². The Morgan fingerprint density at radius 2 is 1.57 bits per heavy atom. The van der Waals surface area contributed by atoms with Crippen molar-refractivity contribution in [3.8, 4) is 16.9 Å². The molecule has 0 radical (unpaired) electrons. The van der Waals surface area contributed by atoms with Crippen LogP contribution in [0.5, 0.6) is 5.75 Å². The number of hydrogen-bond donors (Lipinski definition) is 2. The van der Waals surface area contributed by atoms with E-state index in [0.717, 1.165) is 11.1 Å². The third-order valence-corrected chi connectivity index (χ3v) is 4.38. The van der Waals surface area contributed by atoms with E-state index in [1.54, 1.807) is 12.1 Å². The second-order valence-corrected chi connectivity index (χ2v) is 6.62. The van der Waals surface area contributed by atoms with E-state index >= 15 is 0 Å². The highest BCUT2D eigenvalue weighted by molar-refractivity contribution is 6.35. The monoisotopic (exact) mass is 414 g/mol. The highest BCUT2D eigenvalue weighted by atomic mass is 35.5. The predicted octanol–water partition coefficient (Wildman–Crippen LogP) is 4.50. The average molecular weight is 415 g/mol. The van der Waals surface area contributed by atoms with Crippen molar-refractivity contribution in [1.82, 2.24) is 10.9 Å². The van der Waals surface area contributed by atoms with Crippen molar-refractivity contribution in [3.63, 3.8) is 0 Å². The molecular weight excluding hydrogens is 399 g/mol. The van der Waals surface area contributed by atoms with Crippen LogP contribution < -0.4 is 15.6 Å². The third kappa shape index (κ3) is 5.03. The Hall–Kier alpha value is -3.02. The summed E-state index contributed by atoms with van der Waals surface area (Å²) in [5.74, 6) is -0.534. The lowest BCUT2D eigenvalue weighted by molar-refractivity contribution is -0.123. The standard InChI is InChI=1S/C21H16Cl2N2O3/c22-15-10-11-18(23)17(12-15)21(27)25-24-20(26)13-28-19-9-5-4-8-16(19)14-6-2-1-3-7-14/h1-12H,13H2,(H,24,26)(H,25,27). The van der Waals surface area contributed by atoms with Crippen molar-refractivity contribution in [2.45, 2.75) is 0 Å². The number of carbonyl (C=O) groups is 2. The molecule has 0 fully saturated rings. The molecule has 0 saturated carbocycles. The van der Waals surface area contributed by atoms with E-state index in [-0.39, 0.29) is 17.2 Å². The summed E-state index contributed by atoms with van der Waals surface area (Å²) in [5.41, 5.74) is 6.58. The normalized spacial score (nSPS) is 10.2. The lowest BCUT2D eigenvalue weighted by Crippen LogP contribution is -2.43. The first-order valence-electron chi connectivity index (χ1n) is 8.36. The molecule has 0 aliphatic rings. The average Bonchev–Trinajstić information content (AvgIpc) is 2.73. The first-order valence-corrected chi connectivity index (χ1v) is 9.11. The highest BCUT2D eigenvalue weighted by Crippen LogP contribution is 2.29. The molecule has 2 N–H and O–H groups in total. The zero-order valence-corrected chi connectivity index (χ0v) is 16.1. The van der Waals surface area contributed by atoms with Crippen molar-refractivity contribution in [2.24, 2.45) is 0 Å². The van der Waals surface area contributed by atoms with Gasteiger partial charge in [0, 0.05) is 10.6 Å². The van der Waals surface area contributed by atoms with Crippen molar-refractivity contribution < 1.29 is 14.3 Å². The number of benzene rings is 3. The van der Waals surface area contributed by atoms with Crippen LogP contribution in [0, 0.1) is 0 Å². The summed E-state index contributed by atoms with van der Waals surface area (Å²) >= 11 is 11.8. The van der Waals surface area contributed by atoms with Gasteiger partial charge in [0.15, 0.2) is 6.61 Å². The Balaban J connectivity index is 1.58. The summed E-state index contributed by atoms with van der Waals surface area (Å²) in [6.07, 6.45) is 0. The van der Waals surface area contributed by atoms with E-state index in [4.69, 9.17) is 27.9 Å². The van der Waals surface area contributed by atoms with Crippen LogP contribution in [0.2, 0.25) is 10.0 Å². The molecule has 7 heteroatoms. The van der Waals surface area contributed by atoms with E-state index in [9.17, 15) is 9.59 Å². The van der Waals surface area contributed by atoms with Crippen molar-refractivity contribution in [2.75, 3.05) is 6.61 Å². The minimum absolute atomic E-state index is 0.157. The maximum Gasteiger partial charge on any atom is 0.276 e. The molecule has 142 valence electrons. The van der Waals surface area contributed by atoms with Gasteiger partial charge in [-0.05, 0) is 29.8 Å². The summed E-state index contributed by atoms with van der Waals surface area (Å²) in [6.45, 7) is -0.270. The molecule has 0 atom stereocenters. The Labute approximate surface area is 172 Å². The van der Waals surface area contributed by atoms with Crippen LogP contribution in [0.3, 0.4) is 0 Å². The zero-order valence-electron chi connectivity index (χ0n) is 14.6. The molecule has 2 amide bonds. The quantitative estimate of drug-likeness (QED) is 0.603.